The van der Waals surface area contributed by atoms with Gasteiger partial charge in [-0.3, -0.25) is 0 Å². The molecule has 1 aliphatic carbocycles. The minimum atomic E-state index is -0.571. The molecule has 0 radical (unpaired) electrons. The summed E-state index contributed by atoms with van der Waals surface area (Å²) in [5.74, 6) is 1.09. The Bertz CT molecular complexity index is 494. The van der Waals surface area contributed by atoms with Crippen LogP contribution in [0.15, 0.2) is 12.1 Å². The van der Waals surface area contributed by atoms with Crippen molar-refractivity contribution in [2.45, 2.75) is 52.1 Å². The lowest BCUT2D eigenvalue weighted by atomic mass is 9.72. The predicted octanol–water partition coefficient (Wildman–Crippen LogP) is 5.64. The molecule has 0 saturated heterocycles. The summed E-state index contributed by atoms with van der Waals surface area (Å²) in [7, 11) is 1.56. The zero-order chi connectivity index (χ0) is 15.6. The van der Waals surface area contributed by atoms with E-state index in [-0.39, 0.29) is 5.41 Å². The van der Waals surface area contributed by atoms with Crippen LogP contribution < -0.4 is 4.74 Å². The van der Waals surface area contributed by atoms with Crippen LogP contribution in [-0.2, 0) is 0 Å². The van der Waals surface area contributed by atoms with E-state index < -0.39 is 6.10 Å². The zero-order valence-corrected chi connectivity index (χ0v) is 14.5. The second-order valence-electron chi connectivity index (χ2n) is 6.58. The lowest BCUT2D eigenvalue weighted by molar-refractivity contribution is 0.0112. The monoisotopic (exact) mass is 330 g/mol. The highest BCUT2D eigenvalue weighted by Crippen LogP contribution is 2.53. The van der Waals surface area contributed by atoms with Crippen LogP contribution in [0, 0.1) is 11.3 Å². The van der Waals surface area contributed by atoms with Gasteiger partial charge in [0.2, 0.25) is 0 Å². The molecular weight excluding hydrogens is 307 g/mol. The molecule has 1 aromatic carbocycles. The van der Waals surface area contributed by atoms with Crippen molar-refractivity contribution in [2.75, 3.05) is 7.11 Å². The summed E-state index contributed by atoms with van der Waals surface area (Å²) in [6.07, 6.45) is 4.88. The van der Waals surface area contributed by atoms with Gasteiger partial charge in [-0.2, -0.15) is 0 Å². The molecule has 0 aromatic heterocycles. The van der Waals surface area contributed by atoms with Crippen LogP contribution >= 0.6 is 23.2 Å². The summed E-state index contributed by atoms with van der Waals surface area (Å²) >= 11 is 12.6. The maximum absolute atomic E-state index is 11.0. The Balaban J connectivity index is 2.37. The highest BCUT2D eigenvalue weighted by Gasteiger charge is 2.42. The van der Waals surface area contributed by atoms with Gasteiger partial charge in [0.25, 0.3) is 0 Å². The van der Waals surface area contributed by atoms with E-state index in [9.17, 15) is 5.11 Å². The van der Waals surface area contributed by atoms with Gasteiger partial charge in [0.1, 0.15) is 5.75 Å². The van der Waals surface area contributed by atoms with Gasteiger partial charge in [-0.15, -0.1) is 0 Å². The number of rotatable bonds is 5. The second kappa shape index (κ2) is 6.76. The van der Waals surface area contributed by atoms with Gasteiger partial charge in [0.05, 0.1) is 23.3 Å². The third kappa shape index (κ3) is 3.49. The first kappa shape index (κ1) is 16.9. The van der Waals surface area contributed by atoms with Crippen LogP contribution in [-0.4, -0.2) is 12.2 Å². The zero-order valence-electron chi connectivity index (χ0n) is 13.0. The van der Waals surface area contributed by atoms with Crippen LogP contribution in [0.25, 0.3) is 0 Å². The first-order valence-electron chi connectivity index (χ1n) is 7.60. The average Bonchev–Trinajstić information content (AvgIpc) is 2.89. The van der Waals surface area contributed by atoms with E-state index in [0.717, 1.165) is 24.8 Å². The summed E-state index contributed by atoms with van der Waals surface area (Å²) in [4.78, 5) is 0. The number of hydrogen-bond donors (Lipinski definition) is 1. The van der Waals surface area contributed by atoms with Crippen LogP contribution in [0.3, 0.4) is 0 Å². The van der Waals surface area contributed by atoms with Crippen LogP contribution in [0.1, 0.15) is 57.6 Å². The van der Waals surface area contributed by atoms with Crippen LogP contribution in [0.2, 0.25) is 10.0 Å². The number of aliphatic hydroxyl groups is 1. The lowest BCUT2D eigenvalue weighted by Gasteiger charge is -2.36. The van der Waals surface area contributed by atoms with Crippen molar-refractivity contribution >= 4 is 23.2 Å². The summed E-state index contributed by atoms with van der Waals surface area (Å²) in [5.41, 5.74) is 0.653. The molecule has 118 valence electrons. The quantitative estimate of drug-likeness (QED) is 0.756. The second-order valence-corrected chi connectivity index (χ2v) is 7.39. The van der Waals surface area contributed by atoms with E-state index in [0.29, 0.717) is 21.7 Å². The van der Waals surface area contributed by atoms with Crippen molar-refractivity contribution in [3.05, 3.63) is 27.7 Å². The summed E-state index contributed by atoms with van der Waals surface area (Å²) in [6.45, 7) is 4.41. The maximum Gasteiger partial charge on any atom is 0.138 e. The standard InChI is InChI=1S/C17H24Cl2O2/c1-11(2)10-17(6-4-5-7-17)16(20)12-8-14(19)15(21-3)9-13(12)18/h8-9,11,16,20H,4-7,10H2,1-3H3. The molecule has 4 heteroatoms. The summed E-state index contributed by atoms with van der Waals surface area (Å²) < 4.78 is 5.18. The van der Waals surface area contributed by atoms with Gasteiger partial charge in [-0.1, -0.05) is 49.9 Å². The van der Waals surface area contributed by atoms with Crippen molar-refractivity contribution in [2.24, 2.45) is 11.3 Å². The number of aliphatic hydroxyl groups excluding tert-OH is 1. The van der Waals surface area contributed by atoms with Gasteiger partial charge < -0.3 is 9.84 Å². The van der Waals surface area contributed by atoms with E-state index in [1.54, 1.807) is 19.2 Å². The van der Waals surface area contributed by atoms with Crippen molar-refractivity contribution in [3.8, 4) is 5.75 Å². The summed E-state index contributed by atoms with van der Waals surface area (Å²) in [5, 5.41) is 12.0. The van der Waals surface area contributed by atoms with Crippen molar-refractivity contribution < 1.29 is 9.84 Å². The Labute approximate surface area is 137 Å². The fourth-order valence-electron chi connectivity index (χ4n) is 3.72. The van der Waals surface area contributed by atoms with Crippen molar-refractivity contribution in [3.63, 3.8) is 0 Å². The summed E-state index contributed by atoms with van der Waals surface area (Å²) in [6, 6.07) is 3.45. The highest BCUT2D eigenvalue weighted by molar-refractivity contribution is 6.34. The third-order valence-corrected chi connectivity index (χ3v) is 5.18. The van der Waals surface area contributed by atoms with E-state index >= 15 is 0 Å². The molecule has 21 heavy (non-hydrogen) atoms. The molecule has 0 bridgehead atoms. The van der Waals surface area contributed by atoms with Gasteiger partial charge in [-0.25, -0.2) is 0 Å². The number of ether oxygens (including phenoxy) is 1. The SMILES string of the molecule is COc1cc(Cl)c(C(O)C2(CC(C)C)CCCC2)cc1Cl. The Hall–Kier alpha value is -0.440. The average molecular weight is 331 g/mol. The van der Waals surface area contributed by atoms with E-state index in [4.69, 9.17) is 27.9 Å². The minimum absolute atomic E-state index is 0.0737. The minimum Gasteiger partial charge on any atom is -0.495 e. The molecule has 1 N–H and O–H groups in total. The molecule has 1 aliphatic rings. The largest absolute Gasteiger partial charge is 0.495 e. The van der Waals surface area contributed by atoms with Crippen molar-refractivity contribution in [1.29, 1.82) is 0 Å². The van der Waals surface area contributed by atoms with Crippen molar-refractivity contribution in [1.82, 2.24) is 0 Å². The molecule has 1 atom stereocenters. The van der Waals surface area contributed by atoms with Crippen LogP contribution in [0.4, 0.5) is 0 Å². The molecule has 1 saturated carbocycles. The van der Waals surface area contributed by atoms with E-state index in [1.807, 2.05) is 0 Å². The van der Waals surface area contributed by atoms with Crippen LogP contribution in [0.5, 0.6) is 5.75 Å². The molecular formula is C17H24Cl2O2. The first-order valence-corrected chi connectivity index (χ1v) is 8.36. The maximum atomic E-state index is 11.0. The number of halogens is 2. The molecule has 0 heterocycles. The Morgan fingerprint density at radius 3 is 2.33 bits per heavy atom. The topological polar surface area (TPSA) is 29.5 Å². The molecule has 1 fully saturated rings. The Morgan fingerprint density at radius 1 is 1.19 bits per heavy atom. The van der Waals surface area contributed by atoms with E-state index in [1.165, 1.54) is 12.8 Å². The fraction of sp³-hybridized carbons (Fsp3) is 0.647. The Morgan fingerprint density at radius 2 is 1.81 bits per heavy atom. The third-order valence-electron chi connectivity index (χ3n) is 4.56. The molecule has 2 nitrogen and oxygen atoms in total. The van der Waals surface area contributed by atoms with E-state index in [2.05, 4.69) is 13.8 Å². The molecule has 0 aliphatic heterocycles. The number of benzene rings is 1. The van der Waals surface area contributed by atoms with Gasteiger partial charge in [0.15, 0.2) is 0 Å². The highest BCUT2D eigenvalue weighted by atomic mass is 35.5. The normalized spacial score (nSPS) is 19.0. The van der Waals surface area contributed by atoms with Gasteiger partial charge in [0, 0.05) is 17.0 Å². The predicted molar refractivity (Wildman–Crippen MR) is 88.3 cm³/mol. The number of methoxy groups -OCH3 is 1. The molecule has 0 spiro atoms. The molecule has 1 aromatic rings. The molecule has 0 amide bonds. The van der Waals surface area contributed by atoms with Gasteiger partial charge in [-0.05, 0) is 31.2 Å². The first-order chi connectivity index (χ1) is 9.89. The molecule has 2 rings (SSSR count). The smallest absolute Gasteiger partial charge is 0.138 e. The lowest BCUT2D eigenvalue weighted by Crippen LogP contribution is -2.28. The fourth-order valence-corrected chi connectivity index (χ4v) is 4.23. The number of hydrogen-bond acceptors (Lipinski definition) is 2. The van der Waals surface area contributed by atoms with Gasteiger partial charge >= 0.3 is 0 Å². The molecule has 1 unspecified atom stereocenters. The Kier molecular flexibility index (Phi) is 5.45.